The molecule has 0 saturated carbocycles. The molecule has 1 heterocycles. The molecule has 0 aliphatic carbocycles. The van der Waals surface area contributed by atoms with Crippen LogP contribution in [0.15, 0.2) is 24.5 Å². The lowest BCUT2D eigenvalue weighted by atomic mass is 10.2. The summed E-state index contributed by atoms with van der Waals surface area (Å²) < 4.78 is 6.64. The number of fused-ring (bicyclic) bond motifs is 1. The van der Waals surface area contributed by atoms with Crippen molar-refractivity contribution in [2.45, 2.75) is 26.4 Å². The highest BCUT2D eigenvalue weighted by atomic mass is 16.5. The average molecular weight is 247 g/mol. The lowest BCUT2D eigenvalue weighted by molar-refractivity contribution is 0.170. The fraction of sp³-hybridized carbons (Fsp3) is 0.385. The van der Waals surface area contributed by atoms with Crippen molar-refractivity contribution in [3.8, 4) is 0 Å². The van der Waals surface area contributed by atoms with Crippen LogP contribution >= 0.6 is 0 Å². The highest BCUT2D eigenvalue weighted by molar-refractivity contribution is 5.76. The first kappa shape index (κ1) is 12.4. The Bertz CT molecular complexity index is 560. The summed E-state index contributed by atoms with van der Waals surface area (Å²) in [4.78, 5) is 15.4. The van der Waals surface area contributed by atoms with Gasteiger partial charge in [-0.1, -0.05) is 6.07 Å². The molecule has 0 fully saturated rings. The Balaban J connectivity index is 2.21. The second-order valence-corrected chi connectivity index (χ2v) is 4.41. The molecule has 1 amide bonds. The zero-order valence-electron chi connectivity index (χ0n) is 10.8. The number of aromatic nitrogens is 2. The maximum Gasteiger partial charge on any atom is 0.407 e. The number of amides is 1. The molecule has 1 N–H and O–H groups in total. The monoisotopic (exact) mass is 247 g/mol. The molecule has 96 valence electrons. The van der Waals surface area contributed by atoms with Crippen molar-refractivity contribution in [2.75, 3.05) is 7.11 Å². The third-order valence-electron chi connectivity index (χ3n) is 2.82. The van der Waals surface area contributed by atoms with Gasteiger partial charge >= 0.3 is 6.09 Å². The zero-order valence-corrected chi connectivity index (χ0v) is 10.8. The second-order valence-electron chi connectivity index (χ2n) is 4.41. The van der Waals surface area contributed by atoms with Gasteiger partial charge in [0.2, 0.25) is 0 Å². The topological polar surface area (TPSA) is 56.1 Å². The minimum atomic E-state index is -0.428. The molecule has 2 rings (SSSR count). The molecule has 0 spiro atoms. The lowest BCUT2D eigenvalue weighted by Gasteiger charge is -2.08. The summed E-state index contributed by atoms with van der Waals surface area (Å²) in [5.41, 5.74) is 3.04. The van der Waals surface area contributed by atoms with Crippen LogP contribution < -0.4 is 5.32 Å². The predicted octanol–water partition coefficient (Wildman–Crippen LogP) is 2.47. The van der Waals surface area contributed by atoms with E-state index in [-0.39, 0.29) is 0 Å². The van der Waals surface area contributed by atoms with E-state index < -0.39 is 6.09 Å². The Labute approximate surface area is 106 Å². The first-order valence-corrected chi connectivity index (χ1v) is 5.89. The van der Waals surface area contributed by atoms with Gasteiger partial charge in [-0.05, 0) is 31.5 Å². The van der Waals surface area contributed by atoms with E-state index in [0.29, 0.717) is 12.6 Å². The van der Waals surface area contributed by atoms with Crippen LogP contribution in [0.2, 0.25) is 0 Å². The second kappa shape index (κ2) is 5.08. The van der Waals surface area contributed by atoms with Crippen LogP contribution in [0.4, 0.5) is 4.79 Å². The van der Waals surface area contributed by atoms with Gasteiger partial charge in [0.15, 0.2) is 0 Å². The number of rotatable bonds is 3. The van der Waals surface area contributed by atoms with Crippen molar-refractivity contribution >= 4 is 17.1 Å². The molecular formula is C13H17N3O2. The van der Waals surface area contributed by atoms with Crippen molar-refractivity contribution in [3.63, 3.8) is 0 Å². The summed E-state index contributed by atoms with van der Waals surface area (Å²) >= 11 is 0. The van der Waals surface area contributed by atoms with Crippen LogP contribution in [-0.2, 0) is 11.3 Å². The van der Waals surface area contributed by atoms with Gasteiger partial charge in [-0.25, -0.2) is 9.78 Å². The van der Waals surface area contributed by atoms with Crippen LogP contribution in [-0.4, -0.2) is 22.8 Å². The Morgan fingerprint density at radius 1 is 1.50 bits per heavy atom. The third kappa shape index (κ3) is 2.45. The Kier molecular flexibility index (Phi) is 3.50. The van der Waals surface area contributed by atoms with Crippen LogP contribution in [0.3, 0.4) is 0 Å². The summed E-state index contributed by atoms with van der Waals surface area (Å²) in [5.74, 6) is 0. The molecule has 0 atom stereocenters. The van der Waals surface area contributed by atoms with Crippen molar-refractivity contribution in [3.05, 3.63) is 30.1 Å². The van der Waals surface area contributed by atoms with E-state index in [1.54, 1.807) is 0 Å². The minimum absolute atomic E-state index is 0.383. The highest BCUT2D eigenvalue weighted by Crippen LogP contribution is 2.18. The van der Waals surface area contributed by atoms with Gasteiger partial charge in [-0.3, -0.25) is 0 Å². The van der Waals surface area contributed by atoms with E-state index in [2.05, 4.69) is 33.5 Å². The molecule has 0 unspecified atom stereocenters. The molecule has 0 radical (unpaired) electrons. The fourth-order valence-electron chi connectivity index (χ4n) is 1.85. The zero-order chi connectivity index (χ0) is 13.1. The summed E-state index contributed by atoms with van der Waals surface area (Å²) in [6.07, 6.45) is 1.41. The van der Waals surface area contributed by atoms with Gasteiger partial charge in [0, 0.05) is 12.6 Å². The van der Waals surface area contributed by atoms with Crippen LogP contribution in [0.5, 0.6) is 0 Å². The van der Waals surface area contributed by atoms with Crippen LogP contribution in [0.25, 0.3) is 11.0 Å². The Hall–Kier alpha value is -2.04. The third-order valence-corrected chi connectivity index (χ3v) is 2.82. The Morgan fingerprint density at radius 3 is 2.94 bits per heavy atom. The van der Waals surface area contributed by atoms with Crippen molar-refractivity contribution in [1.82, 2.24) is 14.9 Å². The van der Waals surface area contributed by atoms with Gasteiger partial charge in [0.25, 0.3) is 0 Å². The number of methoxy groups -OCH3 is 1. The van der Waals surface area contributed by atoms with Gasteiger partial charge in [0.1, 0.15) is 0 Å². The molecule has 1 aromatic carbocycles. The number of carbonyl (C=O) groups excluding carboxylic acids is 1. The molecule has 18 heavy (non-hydrogen) atoms. The maximum absolute atomic E-state index is 11.0. The number of hydrogen-bond donors (Lipinski definition) is 1. The highest BCUT2D eigenvalue weighted by Gasteiger charge is 2.06. The molecule has 0 saturated heterocycles. The van der Waals surface area contributed by atoms with E-state index in [1.165, 1.54) is 7.11 Å². The van der Waals surface area contributed by atoms with E-state index in [4.69, 9.17) is 0 Å². The van der Waals surface area contributed by atoms with E-state index >= 15 is 0 Å². The molecule has 0 bridgehead atoms. The standard InChI is InChI=1S/C13H17N3O2/c1-9(2)16-8-15-11-6-10(4-5-12(11)16)7-14-13(17)18-3/h4-6,8-9H,7H2,1-3H3,(H,14,17). The number of hydrogen-bond acceptors (Lipinski definition) is 3. The summed E-state index contributed by atoms with van der Waals surface area (Å²) in [6.45, 7) is 4.68. The summed E-state index contributed by atoms with van der Waals surface area (Å²) in [5, 5.41) is 2.65. The first-order chi connectivity index (χ1) is 8.61. The van der Waals surface area contributed by atoms with Gasteiger partial charge in [-0.15, -0.1) is 0 Å². The number of alkyl carbamates (subject to hydrolysis) is 1. The molecule has 0 aliphatic heterocycles. The first-order valence-electron chi connectivity index (χ1n) is 5.89. The quantitative estimate of drug-likeness (QED) is 0.906. The lowest BCUT2D eigenvalue weighted by Crippen LogP contribution is -2.22. The van der Waals surface area contributed by atoms with Gasteiger partial charge in [-0.2, -0.15) is 0 Å². The summed E-state index contributed by atoms with van der Waals surface area (Å²) in [7, 11) is 1.35. The number of nitrogens with zero attached hydrogens (tertiary/aromatic N) is 2. The molecular weight excluding hydrogens is 230 g/mol. The Morgan fingerprint density at radius 2 is 2.28 bits per heavy atom. The van der Waals surface area contributed by atoms with E-state index in [0.717, 1.165) is 16.6 Å². The molecule has 2 aromatic rings. The number of ether oxygens (including phenoxy) is 1. The van der Waals surface area contributed by atoms with Gasteiger partial charge in [0.05, 0.1) is 24.5 Å². The number of nitrogens with one attached hydrogen (secondary N) is 1. The van der Waals surface area contributed by atoms with Crippen LogP contribution in [0, 0.1) is 0 Å². The molecule has 1 aromatic heterocycles. The normalized spacial score (nSPS) is 10.9. The molecule has 5 heteroatoms. The predicted molar refractivity (Wildman–Crippen MR) is 69.4 cm³/mol. The number of carbonyl (C=O) groups is 1. The van der Waals surface area contributed by atoms with E-state index in [1.807, 2.05) is 24.5 Å². The fourth-order valence-corrected chi connectivity index (χ4v) is 1.85. The maximum atomic E-state index is 11.0. The van der Waals surface area contributed by atoms with E-state index in [9.17, 15) is 4.79 Å². The van der Waals surface area contributed by atoms with Crippen LogP contribution in [0.1, 0.15) is 25.5 Å². The van der Waals surface area contributed by atoms with Gasteiger partial charge < -0.3 is 14.6 Å². The van der Waals surface area contributed by atoms with Crippen molar-refractivity contribution in [2.24, 2.45) is 0 Å². The minimum Gasteiger partial charge on any atom is -0.453 e. The van der Waals surface area contributed by atoms with Crippen molar-refractivity contribution in [1.29, 1.82) is 0 Å². The summed E-state index contributed by atoms with van der Waals surface area (Å²) in [6, 6.07) is 6.37. The number of benzene rings is 1. The molecule has 5 nitrogen and oxygen atoms in total. The number of imidazole rings is 1. The average Bonchev–Trinajstić information content (AvgIpc) is 2.78. The van der Waals surface area contributed by atoms with Crippen molar-refractivity contribution < 1.29 is 9.53 Å². The molecule has 0 aliphatic rings. The largest absolute Gasteiger partial charge is 0.453 e. The SMILES string of the molecule is COC(=O)NCc1ccc2c(c1)ncn2C(C)C. The smallest absolute Gasteiger partial charge is 0.407 e.